The molecule has 0 aliphatic heterocycles. The third kappa shape index (κ3) is 5.10. The summed E-state index contributed by atoms with van der Waals surface area (Å²) in [6, 6.07) is 9.15. The van der Waals surface area contributed by atoms with E-state index < -0.39 is 23.5 Å². The van der Waals surface area contributed by atoms with Gasteiger partial charge >= 0.3 is 0 Å². The standard InChI is InChI=1S/C13H19NO4S/c1-2-14(11-6-4-3-5-7-11)13(17)10-19(18)9-12(16)8-15/h3-7,12,15-16H,2,8-10H2,1H3. The molecule has 1 aromatic carbocycles. The summed E-state index contributed by atoms with van der Waals surface area (Å²) in [4.78, 5) is 13.6. The van der Waals surface area contributed by atoms with Crippen LogP contribution >= 0.6 is 0 Å². The predicted molar refractivity (Wildman–Crippen MR) is 75.4 cm³/mol. The molecule has 0 bridgehead atoms. The van der Waals surface area contributed by atoms with Crippen LogP contribution in [0.25, 0.3) is 0 Å². The van der Waals surface area contributed by atoms with E-state index in [1.165, 1.54) is 0 Å². The third-order valence-electron chi connectivity index (χ3n) is 2.56. The SMILES string of the molecule is CCN(C(=O)CS(=O)CC(O)CO)c1ccccc1. The zero-order valence-electron chi connectivity index (χ0n) is 10.9. The molecule has 2 unspecified atom stereocenters. The lowest BCUT2D eigenvalue weighted by molar-refractivity contribution is -0.116. The number of hydrogen-bond acceptors (Lipinski definition) is 4. The van der Waals surface area contributed by atoms with Crippen LogP contribution in [0.2, 0.25) is 0 Å². The van der Waals surface area contributed by atoms with Crippen LogP contribution in [0.5, 0.6) is 0 Å². The Kier molecular flexibility index (Phi) is 6.69. The molecule has 1 rings (SSSR count). The van der Waals surface area contributed by atoms with Gasteiger partial charge in [-0.1, -0.05) is 18.2 Å². The normalized spacial score (nSPS) is 13.8. The first-order valence-corrected chi connectivity index (χ1v) is 7.56. The summed E-state index contributed by atoms with van der Waals surface area (Å²) in [6.07, 6.45) is -1.04. The first kappa shape index (κ1) is 15.8. The Labute approximate surface area is 115 Å². The number of hydrogen-bond donors (Lipinski definition) is 2. The van der Waals surface area contributed by atoms with Crippen LogP contribution in [-0.4, -0.2) is 51.1 Å². The molecule has 0 fully saturated rings. The zero-order chi connectivity index (χ0) is 14.3. The summed E-state index contributed by atoms with van der Waals surface area (Å²) in [5.74, 6) is -0.494. The molecule has 6 heteroatoms. The van der Waals surface area contributed by atoms with Crippen molar-refractivity contribution in [3.05, 3.63) is 30.3 Å². The number of amides is 1. The maximum absolute atomic E-state index is 12.0. The summed E-state index contributed by atoms with van der Waals surface area (Å²) in [6.45, 7) is 1.88. The van der Waals surface area contributed by atoms with Crippen molar-refractivity contribution in [2.45, 2.75) is 13.0 Å². The molecule has 0 aliphatic carbocycles. The highest BCUT2D eigenvalue weighted by atomic mass is 32.2. The van der Waals surface area contributed by atoms with E-state index in [9.17, 15) is 14.1 Å². The molecule has 0 heterocycles. The van der Waals surface area contributed by atoms with Gasteiger partial charge in [-0.15, -0.1) is 0 Å². The van der Waals surface area contributed by atoms with Gasteiger partial charge in [0, 0.05) is 23.0 Å². The Morgan fingerprint density at radius 2 is 2.00 bits per heavy atom. The van der Waals surface area contributed by atoms with Crippen molar-refractivity contribution >= 4 is 22.4 Å². The number of carbonyl (C=O) groups excluding carboxylic acids is 1. The van der Waals surface area contributed by atoms with Crippen molar-refractivity contribution in [2.75, 3.05) is 29.6 Å². The van der Waals surface area contributed by atoms with Gasteiger partial charge in [0.1, 0.15) is 5.75 Å². The number of carbonyl (C=O) groups is 1. The molecular formula is C13H19NO4S. The monoisotopic (exact) mass is 285 g/mol. The van der Waals surface area contributed by atoms with E-state index >= 15 is 0 Å². The third-order valence-corrected chi connectivity index (χ3v) is 3.88. The van der Waals surface area contributed by atoms with E-state index in [1.54, 1.807) is 4.90 Å². The Bertz CT molecular complexity index is 424. The Balaban J connectivity index is 2.63. The van der Waals surface area contributed by atoms with Crippen molar-refractivity contribution in [3.63, 3.8) is 0 Å². The molecular weight excluding hydrogens is 266 g/mol. The van der Waals surface area contributed by atoms with Crippen LogP contribution < -0.4 is 4.90 Å². The van der Waals surface area contributed by atoms with Gasteiger partial charge < -0.3 is 15.1 Å². The fourth-order valence-corrected chi connectivity index (χ4v) is 2.74. The average Bonchev–Trinajstić information content (AvgIpc) is 2.40. The van der Waals surface area contributed by atoms with Gasteiger partial charge in [0.15, 0.2) is 0 Å². The Hall–Kier alpha value is -1.24. The molecule has 1 amide bonds. The van der Waals surface area contributed by atoms with E-state index in [-0.39, 0.29) is 17.4 Å². The maximum atomic E-state index is 12.0. The summed E-state index contributed by atoms with van der Waals surface area (Å²) in [7, 11) is -1.48. The number of aliphatic hydroxyl groups is 2. The minimum absolute atomic E-state index is 0.0887. The van der Waals surface area contributed by atoms with E-state index in [4.69, 9.17) is 5.11 Å². The lowest BCUT2D eigenvalue weighted by atomic mass is 10.3. The predicted octanol–water partition coefficient (Wildman–Crippen LogP) is 0.141. The molecule has 1 aromatic rings. The minimum Gasteiger partial charge on any atom is -0.394 e. The lowest BCUT2D eigenvalue weighted by Crippen LogP contribution is -2.36. The highest BCUT2D eigenvalue weighted by Crippen LogP contribution is 2.13. The summed E-state index contributed by atoms with van der Waals surface area (Å²) < 4.78 is 11.7. The first-order chi connectivity index (χ1) is 9.08. The molecule has 19 heavy (non-hydrogen) atoms. The molecule has 0 saturated heterocycles. The van der Waals surface area contributed by atoms with E-state index in [0.29, 0.717) is 6.54 Å². The molecule has 0 spiro atoms. The van der Waals surface area contributed by atoms with Crippen molar-refractivity contribution in [3.8, 4) is 0 Å². The van der Waals surface area contributed by atoms with Crippen LogP contribution in [0.15, 0.2) is 30.3 Å². The number of nitrogens with zero attached hydrogens (tertiary/aromatic N) is 1. The van der Waals surface area contributed by atoms with Crippen molar-refractivity contribution in [1.82, 2.24) is 0 Å². The molecule has 5 nitrogen and oxygen atoms in total. The fourth-order valence-electron chi connectivity index (χ4n) is 1.65. The highest BCUT2D eigenvalue weighted by molar-refractivity contribution is 7.85. The number of para-hydroxylation sites is 1. The molecule has 0 radical (unpaired) electrons. The van der Waals surface area contributed by atoms with Crippen LogP contribution in [0, 0.1) is 0 Å². The largest absolute Gasteiger partial charge is 0.394 e. The van der Waals surface area contributed by atoms with E-state index in [2.05, 4.69) is 0 Å². The van der Waals surface area contributed by atoms with Crippen LogP contribution in [0.4, 0.5) is 5.69 Å². The number of rotatable bonds is 7. The zero-order valence-corrected chi connectivity index (χ0v) is 11.7. The van der Waals surface area contributed by atoms with Crippen molar-refractivity contribution in [2.24, 2.45) is 0 Å². The second-order valence-electron chi connectivity index (χ2n) is 4.06. The Morgan fingerprint density at radius 3 is 2.53 bits per heavy atom. The second-order valence-corrected chi connectivity index (χ2v) is 5.56. The van der Waals surface area contributed by atoms with Crippen LogP contribution in [-0.2, 0) is 15.6 Å². The molecule has 106 valence electrons. The fraction of sp³-hybridized carbons (Fsp3) is 0.462. The van der Waals surface area contributed by atoms with E-state index in [1.807, 2.05) is 37.3 Å². The number of aliphatic hydroxyl groups excluding tert-OH is 2. The molecule has 0 aromatic heterocycles. The molecule has 2 atom stereocenters. The second kappa shape index (κ2) is 8.04. The Morgan fingerprint density at radius 1 is 1.37 bits per heavy atom. The summed E-state index contributed by atoms with van der Waals surface area (Å²) in [5, 5.41) is 17.9. The number of anilines is 1. The van der Waals surface area contributed by atoms with Crippen molar-refractivity contribution < 1.29 is 19.2 Å². The quantitative estimate of drug-likeness (QED) is 0.747. The topological polar surface area (TPSA) is 77.8 Å². The summed E-state index contributed by atoms with van der Waals surface area (Å²) in [5.41, 5.74) is 0.759. The molecule has 0 saturated carbocycles. The number of benzene rings is 1. The van der Waals surface area contributed by atoms with Gasteiger partial charge in [-0.3, -0.25) is 9.00 Å². The van der Waals surface area contributed by atoms with Gasteiger partial charge in [-0.25, -0.2) is 0 Å². The minimum atomic E-state index is -1.48. The van der Waals surface area contributed by atoms with Crippen molar-refractivity contribution in [1.29, 1.82) is 0 Å². The first-order valence-electron chi connectivity index (χ1n) is 6.07. The highest BCUT2D eigenvalue weighted by Gasteiger charge is 2.18. The molecule has 2 N–H and O–H groups in total. The van der Waals surface area contributed by atoms with Gasteiger partial charge in [0.2, 0.25) is 5.91 Å². The van der Waals surface area contributed by atoms with Gasteiger partial charge in [-0.2, -0.15) is 0 Å². The lowest BCUT2D eigenvalue weighted by Gasteiger charge is -2.21. The maximum Gasteiger partial charge on any atom is 0.239 e. The van der Waals surface area contributed by atoms with Crippen LogP contribution in [0.1, 0.15) is 6.92 Å². The van der Waals surface area contributed by atoms with E-state index in [0.717, 1.165) is 5.69 Å². The smallest absolute Gasteiger partial charge is 0.239 e. The average molecular weight is 285 g/mol. The summed E-state index contributed by atoms with van der Waals surface area (Å²) >= 11 is 0. The van der Waals surface area contributed by atoms with Gasteiger partial charge in [0.05, 0.1) is 18.5 Å². The van der Waals surface area contributed by atoms with Gasteiger partial charge in [-0.05, 0) is 19.1 Å². The van der Waals surface area contributed by atoms with Crippen LogP contribution in [0.3, 0.4) is 0 Å². The van der Waals surface area contributed by atoms with Gasteiger partial charge in [0.25, 0.3) is 0 Å². The molecule has 0 aliphatic rings.